The molecule has 0 bridgehead atoms. The van der Waals surface area contributed by atoms with Crippen LogP contribution in [0.1, 0.15) is 47.2 Å². The van der Waals surface area contributed by atoms with E-state index >= 15 is 0 Å². The second-order valence-electron chi connectivity index (χ2n) is 16.1. The largest absolute Gasteiger partial charge is 0.310 e. The van der Waals surface area contributed by atoms with Gasteiger partial charge in [-0.05, 0) is 115 Å². The van der Waals surface area contributed by atoms with Crippen molar-refractivity contribution in [1.29, 1.82) is 0 Å². The molecule has 1 heteroatoms. The van der Waals surface area contributed by atoms with Gasteiger partial charge in [0.1, 0.15) is 0 Å². The Balaban J connectivity index is 1.14. The van der Waals surface area contributed by atoms with Crippen molar-refractivity contribution < 1.29 is 0 Å². The molecule has 0 fully saturated rings. The molecule has 0 saturated heterocycles. The summed E-state index contributed by atoms with van der Waals surface area (Å²) >= 11 is 0. The van der Waals surface area contributed by atoms with Gasteiger partial charge < -0.3 is 4.90 Å². The van der Waals surface area contributed by atoms with E-state index in [1.165, 1.54) is 77.5 Å². The molecule has 0 heterocycles. The maximum atomic E-state index is 2.46. The lowest BCUT2D eigenvalue weighted by Gasteiger charge is -2.34. The van der Waals surface area contributed by atoms with Gasteiger partial charge in [-0.3, -0.25) is 0 Å². The van der Waals surface area contributed by atoms with Gasteiger partial charge in [-0.15, -0.1) is 0 Å². The summed E-state index contributed by atoms with van der Waals surface area (Å²) in [4.78, 5) is 2.46. The molecular weight excluding hydrogens is 687 g/mol. The summed E-state index contributed by atoms with van der Waals surface area (Å²) in [5.74, 6) is 0. The lowest BCUT2D eigenvalue weighted by Crippen LogP contribution is -2.28. The van der Waals surface area contributed by atoms with Crippen LogP contribution in [0.5, 0.6) is 0 Å². The van der Waals surface area contributed by atoms with Crippen molar-refractivity contribution in [1.82, 2.24) is 0 Å². The van der Waals surface area contributed by atoms with Crippen LogP contribution in [-0.2, 0) is 10.8 Å². The number of anilines is 3. The van der Waals surface area contributed by atoms with E-state index < -0.39 is 5.41 Å². The van der Waals surface area contributed by atoms with Crippen LogP contribution in [0.25, 0.3) is 44.2 Å². The Morgan fingerprint density at radius 2 is 0.912 bits per heavy atom. The van der Waals surface area contributed by atoms with Gasteiger partial charge in [0.25, 0.3) is 0 Å². The van der Waals surface area contributed by atoms with E-state index in [0.29, 0.717) is 0 Å². The Morgan fingerprint density at radius 3 is 1.63 bits per heavy atom. The summed E-state index contributed by atoms with van der Waals surface area (Å²) in [6.07, 6.45) is 0. The Labute approximate surface area is 335 Å². The molecule has 9 aromatic rings. The molecule has 1 nitrogen and oxygen atoms in total. The smallest absolute Gasteiger partial charge is 0.0713 e. The van der Waals surface area contributed by atoms with Crippen molar-refractivity contribution >= 4 is 27.8 Å². The lowest BCUT2D eigenvalue weighted by molar-refractivity contribution is 0.660. The molecule has 0 aromatic heterocycles. The van der Waals surface area contributed by atoms with Crippen molar-refractivity contribution in [3.63, 3.8) is 0 Å². The minimum Gasteiger partial charge on any atom is -0.310 e. The molecule has 11 rings (SSSR count). The summed E-state index contributed by atoms with van der Waals surface area (Å²) in [5, 5.41) is 2.42. The van der Waals surface area contributed by atoms with E-state index in [2.05, 4.69) is 231 Å². The number of nitrogens with zero attached hydrogens (tertiary/aromatic N) is 1. The van der Waals surface area contributed by atoms with E-state index in [4.69, 9.17) is 0 Å². The number of benzene rings is 9. The van der Waals surface area contributed by atoms with Crippen LogP contribution >= 0.6 is 0 Å². The van der Waals surface area contributed by atoms with E-state index in [0.717, 1.165) is 17.1 Å². The van der Waals surface area contributed by atoms with Crippen LogP contribution < -0.4 is 4.90 Å². The lowest BCUT2D eigenvalue weighted by atomic mass is 9.67. The van der Waals surface area contributed by atoms with Gasteiger partial charge in [-0.2, -0.15) is 0 Å². The standard InChI is InChI=1S/C56H41N/c1-55(2)50-29-14-11-28-48(50)49-37-44(32-33-51(49)55)57(43-23-7-4-8-24-43)54-36-40(34-39-18-9-10-25-45(39)54)38-19-17-22-42(35-38)56(41-20-5-3-6-21-41)52-30-15-12-26-46(52)47-27-13-16-31-53(47)56/h3-37H,1-2H3. The molecule has 9 aromatic carbocycles. The van der Waals surface area contributed by atoms with Crippen molar-refractivity contribution in [2.75, 3.05) is 4.90 Å². The van der Waals surface area contributed by atoms with Crippen molar-refractivity contribution in [3.05, 3.63) is 246 Å². The predicted molar refractivity (Wildman–Crippen MR) is 239 cm³/mol. The van der Waals surface area contributed by atoms with E-state index in [1.807, 2.05) is 0 Å². The highest BCUT2D eigenvalue weighted by atomic mass is 15.1. The third-order valence-corrected chi connectivity index (χ3v) is 12.7. The average molecular weight is 728 g/mol. The van der Waals surface area contributed by atoms with Crippen LogP contribution in [0.2, 0.25) is 0 Å². The molecule has 0 spiro atoms. The molecule has 0 saturated carbocycles. The number of para-hydroxylation sites is 1. The highest BCUT2D eigenvalue weighted by Gasteiger charge is 2.46. The van der Waals surface area contributed by atoms with Crippen LogP contribution in [0.4, 0.5) is 17.1 Å². The minimum absolute atomic E-state index is 0.0584. The van der Waals surface area contributed by atoms with Crippen molar-refractivity contribution in [3.8, 4) is 33.4 Å². The van der Waals surface area contributed by atoms with Gasteiger partial charge in [-0.25, -0.2) is 0 Å². The topological polar surface area (TPSA) is 3.24 Å². The van der Waals surface area contributed by atoms with Gasteiger partial charge in [0.05, 0.1) is 11.1 Å². The molecular formula is C56H41N. The fourth-order valence-corrected chi connectivity index (χ4v) is 10.1. The molecule has 0 aliphatic heterocycles. The third kappa shape index (κ3) is 4.95. The van der Waals surface area contributed by atoms with Crippen molar-refractivity contribution in [2.24, 2.45) is 0 Å². The SMILES string of the molecule is CC1(C)c2ccccc2-c2cc(N(c3ccccc3)c3cc(-c4cccc(C5(c6ccccc6)c6ccccc6-c6ccccc65)c4)cc4ccccc34)ccc21. The third-order valence-electron chi connectivity index (χ3n) is 12.7. The first-order chi connectivity index (χ1) is 28.0. The summed E-state index contributed by atoms with van der Waals surface area (Å²) < 4.78 is 0. The molecule has 0 N–H and O–H groups in total. The van der Waals surface area contributed by atoms with Gasteiger partial charge in [0.2, 0.25) is 0 Å². The van der Waals surface area contributed by atoms with Gasteiger partial charge in [-0.1, -0.05) is 184 Å². The van der Waals surface area contributed by atoms with Gasteiger partial charge in [0.15, 0.2) is 0 Å². The predicted octanol–water partition coefficient (Wildman–Crippen LogP) is 14.6. The fraction of sp³-hybridized carbons (Fsp3) is 0.0714. The number of hydrogen-bond acceptors (Lipinski definition) is 1. The molecule has 2 aliphatic carbocycles. The number of fused-ring (bicyclic) bond motifs is 7. The quantitative estimate of drug-likeness (QED) is 0.165. The fourth-order valence-electron chi connectivity index (χ4n) is 10.1. The second-order valence-corrected chi connectivity index (χ2v) is 16.1. The summed E-state index contributed by atoms with van der Waals surface area (Å²) in [6, 6.07) is 78.8. The highest BCUT2D eigenvalue weighted by Crippen LogP contribution is 2.57. The Bertz CT molecular complexity index is 2950. The second kappa shape index (κ2) is 12.8. The summed E-state index contributed by atoms with van der Waals surface area (Å²) in [5.41, 5.74) is 18.5. The monoisotopic (exact) mass is 727 g/mol. The zero-order valence-corrected chi connectivity index (χ0v) is 32.2. The number of rotatable bonds is 6. The first-order valence-corrected chi connectivity index (χ1v) is 20.0. The first kappa shape index (κ1) is 33.4. The molecule has 57 heavy (non-hydrogen) atoms. The Morgan fingerprint density at radius 1 is 0.351 bits per heavy atom. The molecule has 0 atom stereocenters. The maximum Gasteiger partial charge on any atom is 0.0713 e. The Kier molecular flexibility index (Phi) is 7.50. The first-order valence-electron chi connectivity index (χ1n) is 20.0. The summed E-state index contributed by atoms with van der Waals surface area (Å²) in [7, 11) is 0. The zero-order chi connectivity index (χ0) is 38.1. The molecule has 0 amide bonds. The summed E-state index contributed by atoms with van der Waals surface area (Å²) in [6.45, 7) is 4.70. The molecule has 0 radical (unpaired) electrons. The van der Waals surface area contributed by atoms with E-state index in [9.17, 15) is 0 Å². The van der Waals surface area contributed by atoms with Crippen LogP contribution in [0, 0.1) is 0 Å². The van der Waals surface area contributed by atoms with Gasteiger partial charge >= 0.3 is 0 Å². The van der Waals surface area contributed by atoms with E-state index in [-0.39, 0.29) is 5.41 Å². The van der Waals surface area contributed by atoms with Gasteiger partial charge in [0, 0.05) is 22.2 Å². The van der Waals surface area contributed by atoms with Crippen molar-refractivity contribution in [2.45, 2.75) is 24.7 Å². The molecule has 2 aliphatic rings. The average Bonchev–Trinajstić information content (AvgIpc) is 3.70. The Hall–Kier alpha value is -6.96. The normalized spacial score (nSPS) is 14.1. The molecule has 0 unspecified atom stereocenters. The maximum absolute atomic E-state index is 2.46. The zero-order valence-electron chi connectivity index (χ0n) is 32.2. The van der Waals surface area contributed by atoms with Crippen LogP contribution in [0.3, 0.4) is 0 Å². The molecule has 270 valence electrons. The van der Waals surface area contributed by atoms with E-state index in [1.54, 1.807) is 0 Å². The van der Waals surface area contributed by atoms with Crippen LogP contribution in [-0.4, -0.2) is 0 Å². The van der Waals surface area contributed by atoms with Crippen LogP contribution in [0.15, 0.2) is 212 Å². The number of hydrogen-bond donors (Lipinski definition) is 0. The minimum atomic E-state index is -0.464. The highest BCUT2D eigenvalue weighted by molar-refractivity contribution is 6.02.